The highest BCUT2D eigenvalue weighted by molar-refractivity contribution is 5.50. The van der Waals surface area contributed by atoms with Crippen LogP contribution in [0.2, 0.25) is 0 Å². The average Bonchev–Trinajstić information content (AvgIpc) is 2.38. The molecule has 2 rings (SSSR count). The highest BCUT2D eigenvalue weighted by Crippen LogP contribution is 2.12. The Bertz CT molecular complexity index is 557. The molecule has 0 aliphatic heterocycles. The van der Waals surface area contributed by atoms with Gasteiger partial charge < -0.3 is 5.32 Å². The van der Waals surface area contributed by atoms with Crippen LogP contribution < -0.4 is 5.32 Å². The Kier molecular flexibility index (Phi) is 3.31. The number of benzene rings is 1. The summed E-state index contributed by atoms with van der Waals surface area (Å²) in [5.41, 5.74) is 2.90. The molecule has 1 aromatic heterocycles. The molecule has 0 amide bonds. The van der Waals surface area contributed by atoms with Crippen molar-refractivity contribution in [1.82, 2.24) is 10.2 Å². The summed E-state index contributed by atoms with van der Waals surface area (Å²) >= 11 is 0. The molecular weight excluding hydrogens is 212 g/mol. The molecule has 4 nitrogen and oxygen atoms in total. The van der Waals surface area contributed by atoms with E-state index in [2.05, 4.69) is 34.6 Å². The van der Waals surface area contributed by atoms with Gasteiger partial charge in [-0.05, 0) is 24.1 Å². The predicted molar refractivity (Wildman–Crippen MR) is 65.3 cm³/mol. The fraction of sp³-hybridized carbons (Fsp3) is 0.154. The second kappa shape index (κ2) is 5.08. The lowest BCUT2D eigenvalue weighted by Gasteiger charge is -2.08. The van der Waals surface area contributed by atoms with E-state index in [1.54, 1.807) is 6.07 Å². The molecule has 1 N–H and O–H groups in total. The van der Waals surface area contributed by atoms with Crippen LogP contribution in [0.25, 0.3) is 0 Å². The van der Waals surface area contributed by atoms with E-state index in [9.17, 15) is 0 Å². The minimum absolute atomic E-state index is 0.508. The van der Waals surface area contributed by atoms with Gasteiger partial charge in [-0.15, -0.1) is 5.10 Å². The molecule has 4 heteroatoms. The molecular formula is C13H12N4. The molecule has 0 bridgehead atoms. The van der Waals surface area contributed by atoms with Crippen molar-refractivity contribution in [3.63, 3.8) is 0 Å². The van der Waals surface area contributed by atoms with Crippen molar-refractivity contribution in [2.75, 3.05) is 5.32 Å². The van der Waals surface area contributed by atoms with Gasteiger partial charge in [0.1, 0.15) is 6.07 Å². The summed E-state index contributed by atoms with van der Waals surface area (Å²) < 4.78 is 0. The molecule has 0 fully saturated rings. The van der Waals surface area contributed by atoms with Gasteiger partial charge in [-0.1, -0.05) is 24.3 Å². The fourth-order valence-corrected chi connectivity index (χ4v) is 1.54. The van der Waals surface area contributed by atoms with Crippen molar-refractivity contribution in [3.05, 3.63) is 53.2 Å². The van der Waals surface area contributed by atoms with Crippen LogP contribution in [0.3, 0.4) is 0 Å². The van der Waals surface area contributed by atoms with Gasteiger partial charge in [0.25, 0.3) is 0 Å². The third kappa shape index (κ3) is 2.58. The molecule has 0 radical (unpaired) electrons. The van der Waals surface area contributed by atoms with Crippen molar-refractivity contribution >= 4 is 5.82 Å². The quantitative estimate of drug-likeness (QED) is 0.868. The molecule has 84 valence electrons. The number of aromatic nitrogens is 2. The number of anilines is 1. The zero-order valence-corrected chi connectivity index (χ0v) is 9.51. The number of nitrogens with one attached hydrogen (secondary N) is 1. The summed E-state index contributed by atoms with van der Waals surface area (Å²) in [5.74, 6) is 0.526. The monoisotopic (exact) mass is 224 g/mol. The van der Waals surface area contributed by atoms with Crippen LogP contribution in [-0.4, -0.2) is 10.2 Å². The van der Waals surface area contributed by atoms with E-state index in [0.717, 1.165) is 0 Å². The van der Waals surface area contributed by atoms with Gasteiger partial charge >= 0.3 is 0 Å². The van der Waals surface area contributed by atoms with E-state index in [4.69, 9.17) is 5.26 Å². The summed E-state index contributed by atoms with van der Waals surface area (Å²) in [5, 5.41) is 19.7. The van der Waals surface area contributed by atoms with Crippen molar-refractivity contribution in [3.8, 4) is 6.07 Å². The molecule has 0 saturated carbocycles. The Morgan fingerprint density at radius 1 is 1.29 bits per heavy atom. The minimum Gasteiger partial charge on any atom is -0.363 e. The van der Waals surface area contributed by atoms with Gasteiger partial charge in [0.15, 0.2) is 5.82 Å². The predicted octanol–water partition coefficient (Wildman–Crippen LogP) is 2.27. The van der Waals surface area contributed by atoms with Gasteiger partial charge in [-0.25, -0.2) is 0 Å². The van der Waals surface area contributed by atoms with E-state index in [0.29, 0.717) is 17.9 Å². The normalized spacial score (nSPS) is 9.65. The fourth-order valence-electron chi connectivity index (χ4n) is 1.54. The maximum absolute atomic E-state index is 8.91. The molecule has 0 unspecified atom stereocenters. The Balaban J connectivity index is 2.13. The highest BCUT2D eigenvalue weighted by atomic mass is 15.2. The highest BCUT2D eigenvalue weighted by Gasteiger charge is 2.03. The standard InChI is InChI=1S/C13H12N4/c1-10-4-2-3-5-12(10)9-15-13-11(8-14)6-7-16-17-13/h2-7H,9H2,1H3,(H,15,17). The van der Waals surface area contributed by atoms with Gasteiger partial charge in [-0.3, -0.25) is 0 Å². The SMILES string of the molecule is Cc1ccccc1CNc1nnccc1C#N. The molecule has 2 aromatic rings. The molecule has 1 aromatic carbocycles. The van der Waals surface area contributed by atoms with Crippen LogP contribution in [-0.2, 0) is 6.54 Å². The zero-order valence-electron chi connectivity index (χ0n) is 9.51. The largest absolute Gasteiger partial charge is 0.363 e. The molecule has 0 spiro atoms. The Labute approximate surface area is 99.9 Å². The smallest absolute Gasteiger partial charge is 0.166 e. The van der Waals surface area contributed by atoms with Crippen molar-refractivity contribution in [2.45, 2.75) is 13.5 Å². The Morgan fingerprint density at radius 2 is 2.12 bits per heavy atom. The maximum Gasteiger partial charge on any atom is 0.166 e. The first-order valence-corrected chi connectivity index (χ1v) is 5.31. The number of nitrogens with zero attached hydrogens (tertiary/aromatic N) is 3. The van der Waals surface area contributed by atoms with Crippen molar-refractivity contribution < 1.29 is 0 Å². The van der Waals surface area contributed by atoms with Crippen LogP contribution in [0.5, 0.6) is 0 Å². The Hall–Kier alpha value is -2.41. The third-order valence-corrected chi connectivity index (χ3v) is 2.55. The van der Waals surface area contributed by atoms with Crippen LogP contribution in [0, 0.1) is 18.3 Å². The summed E-state index contributed by atoms with van der Waals surface area (Å²) in [4.78, 5) is 0. The molecule has 1 heterocycles. The molecule has 0 aliphatic carbocycles. The van der Waals surface area contributed by atoms with Crippen LogP contribution in [0.1, 0.15) is 16.7 Å². The van der Waals surface area contributed by atoms with Crippen LogP contribution in [0.4, 0.5) is 5.82 Å². The first-order valence-electron chi connectivity index (χ1n) is 5.31. The lowest BCUT2D eigenvalue weighted by atomic mass is 10.1. The number of nitriles is 1. The number of rotatable bonds is 3. The molecule has 0 saturated heterocycles. The summed E-state index contributed by atoms with van der Waals surface area (Å²) in [7, 11) is 0. The Morgan fingerprint density at radius 3 is 2.88 bits per heavy atom. The van der Waals surface area contributed by atoms with Crippen molar-refractivity contribution in [2.24, 2.45) is 0 Å². The van der Waals surface area contributed by atoms with Gasteiger partial charge in [0.05, 0.1) is 11.8 Å². The average molecular weight is 224 g/mol. The number of hydrogen-bond donors (Lipinski definition) is 1. The summed E-state index contributed by atoms with van der Waals surface area (Å²) in [6.07, 6.45) is 1.51. The lowest BCUT2D eigenvalue weighted by Crippen LogP contribution is -2.05. The van der Waals surface area contributed by atoms with E-state index >= 15 is 0 Å². The van der Waals surface area contributed by atoms with Gasteiger partial charge in [-0.2, -0.15) is 10.4 Å². The molecule has 17 heavy (non-hydrogen) atoms. The zero-order chi connectivity index (χ0) is 12.1. The maximum atomic E-state index is 8.91. The summed E-state index contributed by atoms with van der Waals surface area (Å²) in [6, 6.07) is 11.8. The first-order chi connectivity index (χ1) is 8.31. The van der Waals surface area contributed by atoms with E-state index in [1.807, 2.05) is 18.2 Å². The summed E-state index contributed by atoms with van der Waals surface area (Å²) in [6.45, 7) is 2.69. The first kappa shape index (κ1) is 11.1. The third-order valence-electron chi connectivity index (χ3n) is 2.55. The van der Waals surface area contributed by atoms with Crippen LogP contribution >= 0.6 is 0 Å². The van der Waals surface area contributed by atoms with E-state index in [-0.39, 0.29) is 0 Å². The number of aryl methyl sites for hydroxylation is 1. The minimum atomic E-state index is 0.508. The molecule has 0 aliphatic rings. The van der Waals surface area contributed by atoms with E-state index < -0.39 is 0 Å². The van der Waals surface area contributed by atoms with Gasteiger partial charge in [0.2, 0.25) is 0 Å². The molecule has 0 atom stereocenters. The van der Waals surface area contributed by atoms with E-state index in [1.165, 1.54) is 17.3 Å². The van der Waals surface area contributed by atoms with Gasteiger partial charge in [0, 0.05) is 6.54 Å². The number of hydrogen-bond acceptors (Lipinski definition) is 4. The second-order valence-electron chi connectivity index (χ2n) is 3.69. The lowest BCUT2D eigenvalue weighted by molar-refractivity contribution is 0.990. The second-order valence-corrected chi connectivity index (χ2v) is 3.69. The van der Waals surface area contributed by atoms with Crippen LogP contribution in [0.15, 0.2) is 36.5 Å². The topological polar surface area (TPSA) is 61.6 Å². The van der Waals surface area contributed by atoms with Crippen molar-refractivity contribution in [1.29, 1.82) is 5.26 Å².